The van der Waals surface area contributed by atoms with Gasteiger partial charge in [-0.3, -0.25) is 4.79 Å². The van der Waals surface area contributed by atoms with Crippen molar-refractivity contribution in [2.75, 3.05) is 6.54 Å². The summed E-state index contributed by atoms with van der Waals surface area (Å²) in [4.78, 5) is 23.8. The Balaban J connectivity index is 2.72. The van der Waals surface area contributed by atoms with Gasteiger partial charge in [0, 0.05) is 6.54 Å². The van der Waals surface area contributed by atoms with Crippen LogP contribution in [0.3, 0.4) is 0 Å². The second-order valence-electron chi connectivity index (χ2n) is 3.38. The molecule has 0 radical (unpaired) electrons. The van der Waals surface area contributed by atoms with Crippen LogP contribution in [0.4, 0.5) is 0 Å². The first-order valence-electron chi connectivity index (χ1n) is 4.83. The number of carbonyl (C=O) groups excluding carboxylic acids is 1. The predicted molar refractivity (Wildman–Crippen MR) is 51.8 cm³/mol. The molecule has 1 fully saturated rings. The van der Waals surface area contributed by atoms with E-state index in [0.717, 1.165) is 12.8 Å². The van der Waals surface area contributed by atoms with Gasteiger partial charge in [0.15, 0.2) is 0 Å². The number of rotatable bonds is 2. The molecule has 0 saturated carbocycles. The maximum atomic E-state index is 11.5. The van der Waals surface area contributed by atoms with E-state index in [9.17, 15) is 9.59 Å². The Hall–Kier alpha value is -1.32. The average molecular weight is 197 g/mol. The largest absolute Gasteiger partial charge is 0.480 e. The Labute approximate surface area is 83.2 Å². The van der Waals surface area contributed by atoms with Crippen molar-refractivity contribution in [1.82, 2.24) is 4.90 Å². The van der Waals surface area contributed by atoms with Crippen molar-refractivity contribution in [3.8, 4) is 0 Å². The molecular formula is C10H15NO3. The van der Waals surface area contributed by atoms with Gasteiger partial charge in [0.1, 0.15) is 6.04 Å². The zero-order valence-electron chi connectivity index (χ0n) is 8.27. The second-order valence-corrected chi connectivity index (χ2v) is 3.38. The van der Waals surface area contributed by atoms with Crippen LogP contribution in [0.15, 0.2) is 12.2 Å². The summed E-state index contributed by atoms with van der Waals surface area (Å²) >= 11 is 0. The molecule has 1 saturated heterocycles. The third-order valence-electron chi connectivity index (χ3n) is 2.38. The fourth-order valence-electron chi connectivity index (χ4n) is 1.69. The molecule has 1 amide bonds. The molecule has 0 aliphatic carbocycles. The minimum atomic E-state index is -0.900. The van der Waals surface area contributed by atoms with Crippen LogP contribution in [0.25, 0.3) is 0 Å². The summed E-state index contributed by atoms with van der Waals surface area (Å²) in [6.07, 6.45) is 5.40. The third-order valence-corrected chi connectivity index (χ3v) is 2.38. The summed E-state index contributed by atoms with van der Waals surface area (Å²) in [5, 5.41) is 8.91. The fraction of sp³-hybridized carbons (Fsp3) is 0.600. The fourth-order valence-corrected chi connectivity index (χ4v) is 1.69. The van der Waals surface area contributed by atoms with Crippen LogP contribution in [0.2, 0.25) is 0 Å². The van der Waals surface area contributed by atoms with Crippen LogP contribution < -0.4 is 0 Å². The molecule has 0 bridgehead atoms. The number of carboxylic acids is 1. The molecule has 78 valence electrons. The molecule has 0 aromatic carbocycles. The summed E-state index contributed by atoms with van der Waals surface area (Å²) in [7, 11) is 0. The minimum Gasteiger partial charge on any atom is -0.480 e. The first-order valence-corrected chi connectivity index (χ1v) is 4.83. The van der Waals surface area contributed by atoms with Crippen molar-refractivity contribution in [3.05, 3.63) is 12.2 Å². The number of piperidine rings is 1. The van der Waals surface area contributed by atoms with Gasteiger partial charge in [-0.05, 0) is 32.3 Å². The van der Waals surface area contributed by atoms with Crippen molar-refractivity contribution in [2.45, 2.75) is 32.2 Å². The zero-order valence-corrected chi connectivity index (χ0v) is 8.27. The monoisotopic (exact) mass is 197 g/mol. The molecule has 1 atom stereocenters. The molecule has 4 nitrogen and oxygen atoms in total. The highest BCUT2D eigenvalue weighted by Gasteiger charge is 2.30. The first-order chi connectivity index (χ1) is 6.66. The van der Waals surface area contributed by atoms with Crippen LogP contribution in [0, 0.1) is 0 Å². The lowest BCUT2D eigenvalue weighted by Gasteiger charge is -2.32. The van der Waals surface area contributed by atoms with E-state index in [4.69, 9.17) is 5.11 Å². The van der Waals surface area contributed by atoms with Gasteiger partial charge in [-0.1, -0.05) is 6.08 Å². The summed E-state index contributed by atoms with van der Waals surface area (Å²) in [6.45, 7) is 2.30. The molecule has 0 aromatic heterocycles. The predicted octanol–water partition coefficient (Wildman–Crippen LogP) is 1.03. The topological polar surface area (TPSA) is 57.6 Å². The summed E-state index contributed by atoms with van der Waals surface area (Å²) in [6, 6.07) is -0.632. The van der Waals surface area contributed by atoms with Gasteiger partial charge in [-0.15, -0.1) is 0 Å². The van der Waals surface area contributed by atoms with Crippen molar-refractivity contribution in [2.24, 2.45) is 0 Å². The van der Waals surface area contributed by atoms with E-state index in [1.807, 2.05) is 0 Å². The molecule has 1 N–H and O–H groups in total. The number of amides is 1. The minimum absolute atomic E-state index is 0.195. The number of hydrogen-bond acceptors (Lipinski definition) is 2. The summed E-state index contributed by atoms with van der Waals surface area (Å²) in [5.41, 5.74) is 0. The SMILES string of the molecule is C/C=C/C(=O)N1CCCC[C@@H]1C(=O)O. The lowest BCUT2D eigenvalue weighted by molar-refractivity contribution is -0.150. The Bertz CT molecular complexity index is 260. The molecule has 1 aliphatic heterocycles. The summed E-state index contributed by atoms with van der Waals surface area (Å²) < 4.78 is 0. The number of carboxylic acid groups (broad SMARTS) is 1. The Morgan fingerprint density at radius 2 is 2.14 bits per heavy atom. The van der Waals surface area contributed by atoms with Gasteiger partial charge in [0.2, 0.25) is 5.91 Å². The number of aliphatic carboxylic acids is 1. The molecule has 1 heterocycles. The van der Waals surface area contributed by atoms with E-state index in [-0.39, 0.29) is 5.91 Å². The number of nitrogens with zero attached hydrogens (tertiary/aromatic N) is 1. The van der Waals surface area contributed by atoms with E-state index >= 15 is 0 Å². The Kier molecular flexibility index (Phi) is 3.68. The van der Waals surface area contributed by atoms with Gasteiger partial charge in [-0.25, -0.2) is 4.79 Å². The molecule has 1 aliphatic rings. The maximum Gasteiger partial charge on any atom is 0.326 e. The van der Waals surface area contributed by atoms with Crippen LogP contribution in [-0.2, 0) is 9.59 Å². The molecule has 4 heteroatoms. The van der Waals surface area contributed by atoms with Crippen LogP contribution in [0.5, 0.6) is 0 Å². The van der Waals surface area contributed by atoms with Crippen molar-refractivity contribution < 1.29 is 14.7 Å². The first kappa shape index (κ1) is 10.8. The molecule has 0 aromatic rings. The van der Waals surface area contributed by atoms with Crippen LogP contribution >= 0.6 is 0 Å². The molecule has 1 rings (SSSR count). The smallest absolute Gasteiger partial charge is 0.326 e. The number of likely N-dealkylation sites (tertiary alicyclic amines) is 1. The molecule has 0 spiro atoms. The van der Waals surface area contributed by atoms with E-state index in [1.54, 1.807) is 13.0 Å². The van der Waals surface area contributed by atoms with Gasteiger partial charge in [0.05, 0.1) is 0 Å². The third kappa shape index (κ3) is 2.34. The van der Waals surface area contributed by atoms with E-state index in [1.165, 1.54) is 11.0 Å². The lowest BCUT2D eigenvalue weighted by atomic mass is 10.0. The van der Waals surface area contributed by atoms with Gasteiger partial charge >= 0.3 is 5.97 Å². The van der Waals surface area contributed by atoms with E-state index < -0.39 is 12.0 Å². The Morgan fingerprint density at radius 3 is 2.71 bits per heavy atom. The highest BCUT2D eigenvalue weighted by molar-refractivity contribution is 5.91. The number of hydrogen-bond donors (Lipinski definition) is 1. The van der Waals surface area contributed by atoms with Crippen molar-refractivity contribution in [3.63, 3.8) is 0 Å². The second kappa shape index (κ2) is 4.79. The van der Waals surface area contributed by atoms with Crippen LogP contribution in [0.1, 0.15) is 26.2 Å². The zero-order chi connectivity index (χ0) is 10.6. The highest BCUT2D eigenvalue weighted by Crippen LogP contribution is 2.17. The molecule has 0 unspecified atom stereocenters. The van der Waals surface area contributed by atoms with Gasteiger partial charge in [0.25, 0.3) is 0 Å². The number of carbonyl (C=O) groups is 2. The average Bonchev–Trinajstić information content (AvgIpc) is 2.18. The van der Waals surface area contributed by atoms with E-state index in [2.05, 4.69) is 0 Å². The standard InChI is InChI=1S/C10H15NO3/c1-2-5-9(12)11-7-4-3-6-8(11)10(13)14/h2,5,8H,3-4,6-7H2,1H3,(H,13,14)/b5-2+/t8-/m1/s1. The summed E-state index contributed by atoms with van der Waals surface area (Å²) in [5.74, 6) is -1.10. The maximum absolute atomic E-state index is 11.5. The highest BCUT2D eigenvalue weighted by atomic mass is 16.4. The van der Waals surface area contributed by atoms with Gasteiger partial charge in [-0.2, -0.15) is 0 Å². The lowest BCUT2D eigenvalue weighted by Crippen LogP contribution is -2.47. The Morgan fingerprint density at radius 1 is 1.43 bits per heavy atom. The van der Waals surface area contributed by atoms with Gasteiger partial charge < -0.3 is 10.0 Å². The molecular weight excluding hydrogens is 182 g/mol. The van der Waals surface area contributed by atoms with E-state index in [0.29, 0.717) is 13.0 Å². The molecule has 14 heavy (non-hydrogen) atoms. The normalized spacial score (nSPS) is 22.6. The van der Waals surface area contributed by atoms with Crippen LogP contribution in [-0.4, -0.2) is 34.5 Å². The van der Waals surface area contributed by atoms with Crippen molar-refractivity contribution in [1.29, 1.82) is 0 Å². The number of allylic oxidation sites excluding steroid dienone is 1. The van der Waals surface area contributed by atoms with Crippen molar-refractivity contribution >= 4 is 11.9 Å². The quantitative estimate of drug-likeness (QED) is 0.672.